The van der Waals surface area contributed by atoms with Crippen molar-refractivity contribution in [3.05, 3.63) is 29.4 Å². The third kappa shape index (κ3) is 6.78. The number of nitrogens with zero attached hydrogens (tertiary/aromatic N) is 1. The number of carbonyl (C=O) groups excluding carboxylic acids is 1. The molecule has 1 aromatic rings. The molecule has 0 spiro atoms. The van der Waals surface area contributed by atoms with Crippen molar-refractivity contribution >= 4 is 27.6 Å². The predicted octanol–water partition coefficient (Wildman–Crippen LogP) is 2.14. The van der Waals surface area contributed by atoms with Gasteiger partial charge >= 0.3 is 6.03 Å². The van der Waals surface area contributed by atoms with Crippen LogP contribution in [-0.2, 0) is 4.74 Å². The Morgan fingerprint density at radius 3 is 2.84 bits per heavy atom. The number of nitrogens with one attached hydrogen (secondary N) is 2. The van der Waals surface area contributed by atoms with Crippen LogP contribution in [0.25, 0.3) is 0 Å². The molecule has 0 unspecified atom stereocenters. The zero-order valence-electron chi connectivity index (χ0n) is 10.6. The van der Waals surface area contributed by atoms with Gasteiger partial charge in [-0.1, -0.05) is 22.5 Å². The Balaban J connectivity index is 2.39. The van der Waals surface area contributed by atoms with Crippen LogP contribution >= 0.6 is 15.9 Å². The van der Waals surface area contributed by atoms with E-state index in [2.05, 4.69) is 38.1 Å². The van der Waals surface area contributed by atoms with Crippen molar-refractivity contribution in [3.8, 4) is 5.88 Å². The summed E-state index contributed by atoms with van der Waals surface area (Å²) in [5, 5.41) is 5.25. The Bertz CT molecular complexity index is 423. The fourth-order valence-corrected chi connectivity index (χ4v) is 1.26. The summed E-state index contributed by atoms with van der Waals surface area (Å²) in [4.78, 5) is 15.5. The number of urea groups is 1. The highest BCUT2D eigenvalue weighted by Crippen LogP contribution is 2.11. The normalized spacial score (nSPS) is 9.79. The lowest BCUT2D eigenvalue weighted by molar-refractivity contribution is 0.144. The van der Waals surface area contributed by atoms with Crippen molar-refractivity contribution in [1.29, 1.82) is 0 Å². The van der Waals surface area contributed by atoms with Gasteiger partial charge in [-0.3, -0.25) is 0 Å². The monoisotopic (exact) mass is 329 g/mol. The molecular formula is C12H16BrN3O3. The lowest BCUT2D eigenvalue weighted by Crippen LogP contribution is -2.29. The lowest BCUT2D eigenvalue weighted by Gasteiger charge is -2.08. The molecule has 0 saturated heterocycles. The molecule has 0 radical (unpaired) electrons. The van der Waals surface area contributed by atoms with Crippen LogP contribution in [0.2, 0.25) is 0 Å². The second kappa shape index (κ2) is 8.49. The number of halogens is 1. The molecule has 19 heavy (non-hydrogen) atoms. The number of ether oxygens (including phenoxy) is 2. The highest BCUT2D eigenvalue weighted by molar-refractivity contribution is 9.11. The van der Waals surface area contributed by atoms with E-state index in [1.807, 2.05) is 0 Å². The van der Waals surface area contributed by atoms with Gasteiger partial charge in [0.2, 0.25) is 5.88 Å². The number of hydrogen-bond donors (Lipinski definition) is 2. The van der Waals surface area contributed by atoms with Crippen molar-refractivity contribution in [2.24, 2.45) is 0 Å². The average Bonchev–Trinajstić information content (AvgIpc) is 2.39. The zero-order chi connectivity index (χ0) is 14.1. The smallest absolute Gasteiger partial charge is 0.319 e. The summed E-state index contributed by atoms with van der Waals surface area (Å²) >= 11 is 3.15. The van der Waals surface area contributed by atoms with Gasteiger partial charge in [-0.15, -0.1) is 0 Å². The van der Waals surface area contributed by atoms with E-state index < -0.39 is 0 Å². The molecule has 0 aromatic carbocycles. The maximum absolute atomic E-state index is 11.5. The van der Waals surface area contributed by atoms with E-state index in [1.54, 1.807) is 19.2 Å². The van der Waals surface area contributed by atoms with Crippen LogP contribution in [0.4, 0.5) is 10.5 Å². The summed E-state index contributed by atoms with van der Waals surface area (Å²) in [5.74, 6) is 0.483. The van der Waals surface area contributed by atoms with Crippen molar-refractivity contribution < 1.29 is 14.3 Å². The second-order valence-electron chi connectivity index (χ2n) is 3.55. The van der Waals surface area contributed by atoms with Crippen molar-refractivity contribution in [2.75, 3.05) is 32.2 Å². The molecular weight excluding hydrogens is 314 g/mol. The summed E-state index contributed by atoms with van der Waals surface area (Å²) in [6.07, 6.45) is 1.52. The number of pyridine rings is 1. The number of aromatic nitrogens is 1. The molecule has 1 aromatic heterocycles. The number of amides is 2. The molecule has 6 nitrogen and oxygen atoms in total. The van der Waals surface area contributed by atoms with Crippen molar-refractivity contribution in [1.82, 2.24) is 10.3 Å². The lowest BCUT2D eigenvalue weighted by atomic mass is 10.4. The van der Waals surface area contributed by atoms with Gasteiger partial charge < -0.3 is 20.1 Å². The van der Waals surface area contributed by atoms with E-state index in [-0.39, 0.29) is 6.03 Å². The molecule has 0 aliphatic heterocycles. The fraction of sp³-hybridized carbons (Fsp3) is 0.333. The molecule has 0 bridgehead atoms. The summed E-state index contributed by atoms with van der Waals surface area (Å²) in [6.45, 7) is 4.91. The summed E-state index contributed by atoms with van der Waals surface area (Å²) in [7, 11) is 1.60. The molecule has 1 rings (SSSR count). The molecule has 0 fully saturated rings. The standard InChI is InChI=1S/C12H16BrN3O3/c1-9(13)7-15-12(17)16-10-3-4-11(14-8-10)19-6-5-18-2/h3-4,8H,1,5-7H2,2H3,(H2,15,16,17). The highest BCUT2D eigenvalue weighted by atomic mass is 79.9. The topological polar surface area (TPSA) is 72.5 Å². The molecule has 2 N–H and O–H groups in total. The molecule has 0 aliphatic rings. The molecule has 0 aliphatic carbocycles. The van der Waals surface area contributed by atoms with Crippen LogP contribution in [0.1, 0.15) is 0 Å². The number of anilines is 1. The first-order valence-electron chi connectivity index (χ1n) is 5.57. The molecule has 104 valence electrons. The summed E-state index contributed by atoms with van der Waals surface area (Å²) in [6, 6.07) is 3.06. The molecule has 7 heteroatoms. The van der Waals surface area contributed by atoms with Crippen LogP contribution < -0.4 is 15.4 Å². The first-order chi connectivity index (χ1) is 9.11. The van der Waals surface area contributed by atoms with Gasteiger partial charge in [0.25, 0.3) is 0 Å². The summed E-state index contributed by atoms with van der Waals surface area (Å²) < 4.78 is 10.9. The van der Waals surface area contributed by atoms with Crippen molar-refractivity contribution in [3.63, 3.8) is 0 Å². The van der Waals surface area contributed by atoms with Gasteiger partial charge in [0.05, 0.1) is 25.0 Å². The van der Waals surface area contributed by atoms with Crippen LogP contribution in [0.5, 0.6) is 5.88 Å². The van der Waals surface area contributed by atoms with Crippen molar-refractivity contribution in [2.45, 2.75) is 0 Å². The minimum absolute atomic E-state index is 0.324. The Labute approximate surface area is 120 Å². The first kappa shape index (κ1) is 15.5. The minimum Gasteiger partial charge on any atom is -0.475 e. The summed E-state index contributed by atoms with van der Waals surface area (Å²) in [5.41, 5.74) is 0.580. The van der Waals surface area contributed by atoms with Gasteiger partial charge in [0, 0.05) is 17.7 Å². The molecule has 0 saturated carbocycles. The number of methoxy groups -OCH3 is 1. The van der Waals surface area contributed by atoms with E-state index in [0.29, 0.717) is 35.8 Å². The number of carbonyl (C=O) groups is 1. The van der Waals surface area contributed by atoms with Crippen LogP contribution in [0.15, 0.2) is 29.4 Å². The van der Waals surface area contributed by atoms with Gasteiger partial charge in [-0.05, 0) is 6.07 Å². The van der Waals surface area contributed by atoms with Gasteiger partial charge in [0.15, 0.2) is 0 Å². The number of hydrogen-bond acceptors (Lipinski definition) is 4. The third-order valence-corrected chi connectivity index (χ3v) is 2.25. The SMILES string of the molecule is C=C(Br)CNC(=O)Nc1ccc(OCCOC)nc1. The fourth-order valence-electron chi connectivity index (χ4n) is 1.12. The highest BCUT2D eigenvalue weighted by Gasteiger charge is 2.02. The molecule has 0 atom stereocenters. The Kier molecular flexibility index (Phi) is 6.91. The maximum atomic E-state index is 11.5. The van der Waals surface area contributed by atoms with E-state index >= 15 is 0 Å². The van der Waals surface area contributed by atoms with Crippen LogP contribution in [0, 0.1) is 0 Å². The van der Waals surface area contributed by atoms with Gasteiger partial charge in [-0.25, -0.2) is 9.78 Å². The van der Waals surface area contributed by atoms with Crippen LogP contribution in [0.3, 0.4) is 0 Å². The molecule has 1 heterocycles. The van der Waals surface area contributed by atoms with E-state index in [0.717, 1.165) is 0 Å². The minimum atomic E-state index is -0.324. The van der Waals surface area contributed by atoms with E-state index in [9.17, 15) is 4.79 Å². The Morgan fingerprint density at radius 1 is 1.47 bits per heavy atom. The van der Waals surface area contributed by atoms with E-state index in [4.69, 9.17) is 9.47 Å². The van der Waals surface area contributed by atoms with E-state index in [1.165, 1.54) is 6.20 Å². The largest absolute Gasteiger partial charge is 0.475 e. The maximum Gasteiger partial charge on any atom is 0.319 e. The molecule has 2 amide bonds. The average molecular weight is 330 g/mol. The first-order valence-corrected chi connectivity index (χ1v) is 6.37. The Hall–Kier alpha value is -1.60. The zero-order valence-corrected chi connectivity index (χ0v) is 12.2. The third-order valence-electron chi connectivity index (χ3n) is 1.97. The Morgan fingerprint density at radius 2 is 2.26 bits per heavy atom. The quantitative estimate of drug-likeness (QED) is 0.752. The predicted molar refractivity (Wildman–Crippen MR) is 76.7 cm³/mol. The number of rotatable bonds is 7. The van der Waals surface area contributed by atoms with Crippen LogP contribution in [-0.4, -0.2) is 37.9 Å². The van der Waals surface area contributed by atoms with Gasteiger partial charge in [0.1, 0.15) is 6.61 Å². The van der Waals surface area contributed by atoms with Gasteiger partial charge in [-0.2, -0.15) is 0 Å². The second-order valence-corrected chi connectivity index (χ2v) is 4.67.